The molecule has 0 aliphatic carbocycles. The predicted molar refractivity (Wildman–Crippen MR) is 94.2 cm³/mol. The monoisotopic (exact) mass is 336 g/mol. The molecule has 1 aromatic carbocycles. The summed E-state index contributed by atoms with van der Waals surface area (Å²) in [6, 6.07) is 7.70. The first-order valence-electron chi connectivity index (χ1n) is 8.27. The molecule has 2 aromatic heterocycles. The van der Waals surface area contributed by atoms with E-state index in [9.17, 15) is 5.11 Å². The third-order valence-corrected chi connectivity index (χ3v) is 4.49. The molecule has 1 aliphatic rings. The number of fused-ring (bicyclic) bond motifs is 1. The predicted octanol–water partition coefficient (Wildman–Crippen LogP) is 2.58. The van der Waals surface area contributed by atoms with E-state index in [1.807, 2.05) is 36.3 Å². The second kappa shape index (κ2) is 6.57. The molecule has 0 radical (unpaired) electrons. The zero-order chi connectivity index (χ0) is 17.2. The van der Waals surface area contributed by atoms with Crippen LogP contribution in [0.1, 0.15) is 11.3 Å². The molecule has 25 heavy (non-hydrogen) atoms. The summed E-state index contributed by atoms with van der Waals surface area (Å²) in [5.74, 6) is 0.763. The Kier molecular flexibility index (Phi) is 4.11. The van der Waals surface area contributed by atoms with Gasteiger partial charge >= 0.3 is 0 Å². The van der Waals surface area contributed by atoms with Crippen molar-refractivity contribution in [1.82, 2.24) is 19.4 Å². The Hall–Kier alpha value is -2.86. The standard InChI is InChI=1S/C19H20N4O2/c1-22-13-21-10-17(22)12-23-5-6-25-19-16(11-23)7-15(8-18(19)24)14-3-2-4-20-9-14/h2-4,7-10,13,24H,5-6,11-12H2,1H3. The Morgan fingerprint density at radius 2 is 2.12 bits per heavy atom. The van der Waals surface area contributed by atoms with Gasteiger partial charge in [0.1, 0.15) is 6.61 Å². The van der Waals surface area contributed by atoms with Gasteiger partial charge in [-0.25, -0.2) is 4.98 Å². The lowest BCUT2D eigenvalue weighted by atomic mass is 10.0. The molecule has 6 nitrogen and oxygen atoms in total. The number of phenols is 1. The molecule has 3 heterocycles. The number of nitrogens with zero attached hydrogens (tertiary/aromatic N) is 4. The highest BCUT2D eigenvalue weighted by Crippen LogP contribution is 2.37. The number of phenolic OH excluding ortho intramolecular Hbond substituents is 1. The van der Waals surface area contributed by atoms with Gasteiger partial charge in [-0.15, -0.1) is 0 Å². The van der Waals surface area contributed by atoms with E-state index in [2.05, 4.69) is 20.9 Å². The van der Waals surface area contributed by atoms with Crippen molar-refractivity contribution >= 4 is 0 Å². The molecule has 0 saturated carbocycles. The van der Waals surface area contributed by atoms with Gasteiger partial charge in [-0.3, -0.25) is 9.88 Å². The largest absolute Gasteiger partial charge is 0.504 e. The summed E-state index contributed by atoms with van der Waals surface area (Å²) in [5, 5.41) is 10.4. The molecule has 0 saturated heterocycles. The zero-order valence-electron chi connectivity index (χ0n) is 14.1. The fourth-order valence-electron chi connectivity index (χ4n) is 3.15. The third kappa shape index (κ3) is 3.21. The molecule has 0 spiro atoms. The number of hydrogen-bond donors (Lipinski definition) is 1. The molecular weight excluding hydrogens is 316 g/mol. The van der Waals surface area contributed by atoms with E-state index < -0.39 is 0 Å². The zero-order valence-corrected chi connectivity index (χ0v) is 14.1. The number of aryl methyl sites for hydroxylation is 1. The summed E-state index contributed by atoms with van der Waals surface area (Å²) in [6.07, 6.45) is 7.23. The van der Waals surface area contributed by atoms with E-state index in [1.54, 1.807) is 18.5 Å². The van der Waals surface area contributed by atoms with Crippen LogP contribution >= 0.6 is 0 Å². The lowest BCUT2D eigenvalue weighted by Gasteiger charge is -2.19. The summed E-state index contributed by atoms with van der Waals surface area (Å²) < 4.78 is 7.84. The molecule has 3 aromatic rings. The molecule has 0 bridgehead atoms. The number of imidazole rings is 1. The topological polar surface area (TPSA) is 63.4 Å². The molecule has 0 atom stereocenters. The Labute approximate surface area is 146 Å². The fraction of sp³-hybridized carbons (Fsp3) is 0.263. The van der Waals surface area contributed by atoms with Crippen molar-refractivity contribution in [3.05, 3.63) is 60.4 Å². The average Bonchev–Trinajstić information content (AvgIpc) is 2.90. The van der Waals surface area contributed by atoms with Gasteiger partial charge in [-0.1, -0.05) is 6.07 Å². The van der Waals surface area contributed by atoms with E-state index in [1.165, 1.54) is 0 Å². The maximum absolute atomic E-state index is 10.4. The Bertz CT molecular complexity index is 876. The Morgan fingerprint density at radius 1 is 1.20 bits per heavy atom. The van der Waals surface area contributed by atoms with Crippen molar-refractivity contribution in [3.8, 4) is 22.6 Å². The molecule has 1 aliphatic heterocycles. The highest BCUT2D eigenvalue weighted by atomic mass is 16.5. The quantitative estimate of drug-likeness (QED) is 0.796. The van der Waals surface area contributed by atoms with Crippen molar-refractivity contribution < 1.29 is 9.84 Å². The summed E-state index contributed by atoms with van der Waals surface area (Å²) >= 11 is 0. The lowest BCUT2D eigenvalue weighted by molar-refractivity contribution is 0.214. The van der Waals surface area contributed by atoms with Gasteiger partial charge in [0.25, 0.3) is 0 Å². The van der Waals surface area contributed by atoms with Crippen LogP contribution in [-0.2, 0) is 20.1 Å². The summed E-state index contributed by atoms with van der Waals surface area (Å²) in [4.78, 5) is 10.6. The van der Waals surface area contributed by atoms with Crippen LogP contribution in [0.5, 0.6) is 11.5 Å². The van der Waals surface area contributed by atoms with Crippen LogP contribution in [0.3, 0.4) is 0 Å². The molecule has 4 rings (SSSR count). The van der Waals surface area contributed by atoms with E-state index in [-0.39, 0.29) is 5.75 Å². The smallest absolute Gasteiger partial charge is 0.165 e. The van der Waals surface area contributed by atoms with E-state index in [0.29, 0.717) is 18.9 Å². The minimum absolute atomic E-state index is 0.179. The third-order valence-electron chi connectivity index (χ3n) is 4.49. The van der Waals surface area contributed by atoms with Crippen molar-refractivity contribution in [1.29, 1.82) is 0 Å². The van der Waals surface area contributed by atoms with Gasteiger partial charge in [0.05, 0.1) is 12.0 Å². The van der Waals surface area contributed by atoms with Crippen molar-refractivity contribution in [3.63, 3.8) is 0 Å². The van der Waals surface area contributed by atoms with Crippen LogP contribution in [0.25, 0.3) is 11.1 Å². The van der Waals surface area contributed by atoms with Crippen LogP contribution in [0.4, 0.5) is 0 Å². The van der Waals surface area contributed by atoms with Gasteiger partial charge in [-0.05, 0) is 23.8 Å². The average molecular weight is 336 g/mol. The SMILES string of the molecule is Cn1cncc1CN1CCOc2c(O)cc(-c3cccnc3)cc2C1. The van der Waals surface area contributed by atoms with Crippen LogP contribution in [0, 0.1) is 0 Å². The minimum atomic E-state index is 0.179. The van der Waals surface area contributed by atoms with Gasteiger partial charge in [0.15, 0.2) is 11.5 Å². The molecule has 0 amide bonds. The minimum Gasteiger partial charge on any atom is -0.504 e. The Balaban J connectivity index is 1.65. The lowest BCUT2D eigenvalue weighted by Crippen LogP contribution is -2.26. The van der Waals surface area contributed by atoms with Crippen LogP contribution in [0.2, 0.25) is 0 Å². The second-order valence-electron chi connectivity index (χ2n) is 6.28. The second-order valence-corrected chi connectivity index (χ2v) is 6.28. The molecular formula is C19H20N4O2. The maximum Gasteiger partial charge on any atom is 0.165 e. The molecule has 6 heteroatoms. The van der Waals surface area contributed by atoms with E-state index >= 15 is 0 Å². The highest BCUT2D eigenvalue weighted by molar-refractivity contribution is 5.68. The highest BCUT2D eigenvalue weighted by Gasteiger charge is 2.20. The summed E-state index contributed by atoms with van der Waals surface area (Å²) in [6.45, 7) is 2.84. The maximum atomic E-state index is 10.4. The van der Waals surface area contributed by atoms with Gasteiger partial charge < -0.3 is 14.4 Å². The van der Waals surface area contributed by atoms with Gasteiger partial charge in [-0.2, -0.15) is 0 Å². The van der Waals surface area contributed by atoms with Gasteiger partial charge in [0, 0.05) is 56.4 Å². The summed E-state index contributed by atoms with van der Waals surface area (Å²) in [5.41, 5.74) is 4.05. The normalized spacial score (nSPS) is 14.6. The summed E-state index contributed by atoms with van der Waals surface area (Å²) in [7, 11) is 2.00. The molecule has 1 N–H and O–H groups in total. The van der Waals surface area contributed by atoms with Gasteiger partial charge in [0.2, 0.25) is 0 Å². The van der Waals surface area contributed by atoms with Crippen LogP contribution in [0.15, 0.2) is 49.2 Å². The fourth-order valence-corrected chi connectivity index (χ4v) is 3.15. The number of rotatable bonds is 3. The molecule has 128 valence electrons. The number of ether oxygens (including phenoxy) is 1. The van der Waals surface area contributed by atoms with Crippen molar-refractivity contribution in [2.75, 3.05) is 13.2 Å². The molecule has 0 unspecified atom stereocenters. The van der Waals surface area contributed by atoms with E-state index in [4.69, 9.17) is 4.74 Å². The van der Waals surface area contributed by atoms with Crippen molar-refractivity contribution in [2.24, 2.45) is 7.05 Å². The van der Waals surface area contributed by atoms with E-state index in [0.717, 1.165) is 35.5 Å². The first kappa shape index (κ1) is 15.7. The number of hydrogen-bond acceptors (Lipinski definition) is 5. The first-order chi connectivity index (χ1) is 12.2. The number of aromatic hydroxyl groups is 1. The molecule has 0 fully saturated rings. The van der Waals surface area contributed by atoms with Crippen LogP contribution < -0.4 is 4.74 Å². The number of benzene rings is 1. The number of pyridine rings is 1. The van der Waals surface area contributed by atoms with Crippen LogP contribution in [-0.4, -0.2) is 37.7 Å². The Morgan fingerprint density at radius 3 is 2.88 bits per heavy atom. The first-order valence-corrected chi connectivity index (χ1v) is 8.27. The number of aromatic nitrogens is 3. The van der Waals surface area contributed by atoms with Crippen molar-refractivity contribution in [2.45, 2.75) is 13.1 Å².